The molecule has 0 amide bonds. The molecular formula is C13H26N2O. The van der Waals surface area contributed by atoms with E-state index in [2.05, 4.69) is 24.1 Å². The molecule has 0 aromatic rings. The van der Waals surface area contributed by atoms with Crippen LogP contribution in [0.2, 0.25) is 0 Å². The van der Waals surface area contributed by atoms with Gasteiger partial charge in [0, 0.05) is 25.2 Å². The summed E-state index contributed by atoms with van der Waals surface area (Å²) >= 11 is 0. The molecule has 3 nitrogen and oxygen atoms in total. The van der Waals surface area contributed by atoms with Gasteiger partial charge in [0.25, 0.3) is 0 Å². The van der Waals surface area contributed by atoms with E-state index < -0.39 is 0 Å². The SMILES string of the molecule is CCN1CCCC(C(C)NC2CCOC2)C1. The second-order valence-corrected chi connectivity index (χ2v) is 5.31. The van der Waals surface area contributed by atoms with E-state index in [0.717, 1.165) is 19.1 Å². The van der Waals surface area contributed by atoms with Crippen molar-refractivity contribution in [3.63, 3.8) is 0 Å². The Hall–Kier alpha value is -0.120. The third kappa shape index (κ3) is 3.19. The van der Waals surface area contributed by atoms with Crippen molar-refractivity contribution in [3.8, 4) is 0 Å². The zero-order chi connectivity index (χ0) is 11.4. The van der Waals surface area contributed by atoms with Gasteiger partial charge in [0.1, 0.15) is 0 Å². The molecule has 0 saturated carbocycles. The van der Waals surface area contributed by atoms with Gasteiger partial charge in [-0.15, -0.1) is 0 Å². The molecule has 0 bridgehead atoms. The Morgan fingerprint density at radius 1 is 1.44 bits per heavy atom. The standard InChI is InChI=1S/C13H26N2O/c1-3-15-7-4-5-12(9-15)11(2)14-13-6-8-16-10-13/h11-14H,3-10H2,1-2H3. The molecule has 1 N–H and O–H groups in total. The molecule has 2 aliphatic rings. The lowest BCUT2D eigenvalue weighted by atomic mass is 9.91. The molecule has 2 saturated heterocycles. The minimum atomic E-state index is 0.604. The topological polar surface area (TPSA) is 24.5 Å². The summed E-state index contributed by atoms with van der Waals surface area (Å²) in [5.74, 6) is 0.828. The predicted molar refractivity (Wildman–Crippen MR) is 66.7 cm³/mol. The van der Waals surface area contributed by atoms with E-state index in [4.69, 9.17) is 4.74 Å². The summed E-state index contributed by atoms with van der Waals surface area (Å²) in [6, 6.07) is 1.24. The van der Waals surface area contributed by atoms with Crippen LogP contribution in [0.25, 0.3) is 0 Å². The van der Waals surface area contributed by atoms with Crippen LogP contribution in [0, 0.1) is 5.92 Å². The number of hydrogen-bond acceptors (Lipinski definition) is 3. The first-order valence-electron chi connectivity index (χ1n) is 6.85. The Kier molecular flexibility index (Phi) is 4.62. The van der Waals surface area contributed by atoms with Gasteiger partial charge in [-0.05, 0) is 45.2 Å². The number of piperidine rings is 1. The van der Waals surface area contributed by atoms with Crippen LogP contribution < -0.4 is 5.32 Å². The highest BCUT2D eigenvalue weighted by molar-refractivity contribution is 4.83. The number of hydrogen-bond donors (Lipinski definition) is 1. The molecule has 0 spiro atoms. The number of nitrogens with one attached hydrogen (secondary N) is 1. The van der Waals surface area contributed by atoms with E-state index >= 15 is 0 Å². The maximum atomic E-state index is 5.41. The second kappa shape index (κ2) is 5.99. The quantitative estimate of drug-likeness (QED) is 0.786. The molecule has 3 atom stereocenters. The Morgan fingerprint density at radius 3 is 3.00 bits per heavy atom. The van der Waals surface area contributed by atoms with Crippen LogP contribution in [0.15, 0.2) is 0 Å². The van der Waals surface area contributed by atoms with Crippen LogP contribution in [0.5, 0.6) is 0 Å². The van der Waals surface area contributed by atoms with Gasteiger partial charge in [-0.1, -0.05) is 6.92 Å². The fourth-order valence-electron chi connectivity index (χ4n) is 2.96. The number of likely N-dealkylation sites (tertiary alicyclic amines) is 1. The van der Waals surface area contributed by atoms with Crippen molar-refractivity contribution in [3.05, 3.63) is 0 Å². The van der Waals surface area contributed by atoms with Gasteiger partial charge in [-0.3, -0.25) is 0 Å². The van der Waals surface area contributed by atoms with Crippen molar-refractivity contribution >= 4 is 0 Å². The molecule has 0 radical (unpaired) electrons. The van der Waals surface area contributed by atoms with Crippen LogP contribution in [-0.2, 0) is 4.74 Å². The highest BCUT2D eigenvalue weighted by atomic mass is 16.5. The molecule has 2 heterocycles. The molecule has 2 rings (SSSR count). The zero-order valence-corrected chi connectivity index (χ0v) is 10.7. The molecule has 0 aromatic heterocycles. The Balaban J connectivity index is 1.76. The first-order chi connectivity index (χ1) is 7.79. The smallest absolute Gasteiger partial charge is 0.0620 e. The molecule has 16 heavy (non-hydrogen) atoms. The molecule has 2 aliphatic heterocycles. The monoisotopic (exact) mass is 226 g/mol. The van der Waals surface area contributed by atoms with Gasteiger partial charge in [0.05, 0.1) is 6.61 Å². The van der Waals surface area contributed by atoms with Gasteiger partial charge in [0.2, 0.25) is 0 Å². The van der Waals surface area contributed by atoms with Gasteiger partial charge in [-0.25, -0.2) is 0 Å². The predicted octanol–water partition coefficient (Wildman–Crippen LogP) is 1.49. The third-order valence-electron chi connectivity index (χ3n) is 4.12. The Bertz CT molecular complexity index is 204. The molecule has 2 fully saturated rings. The molecule has 3 heteroatoms. The van der Waals surface area contributed by atoms with Crippen LogP contribution in [-0.4, -0.2) is 49.8 Å². The lowest BCUT2D eigenvalue weighted by Crippen LogP contribution is -2.47. The summed E-state index contributed by atoms with van der Waals surface area (Å²) in [5, 5.41) is 3.74. The molecule has 0 aliphatic carbocycles. The van der Waals surface area contributed by atoms with E-state index in [9.17, 15) is 0 Å². The lowest BCUT2D eigenvalue weighted by Gasteiger charge is -2.36. The number of ether oxygens (including phenoxy) is 1. The van der Waals surface area contributed by atoms with Crippen molar-refractivity contribution in [2.24, 2.45) is 5.92 Å². The highest BCUT2D eigenvalue weighted by Gasteiger charge is 2.26. The van der Waals surface area contributed by atoms with Crippen molar-refractivity contribution in [1.82, 2.24) is 10.2 Å². The fraction of sp³-hybridized carbons (Fsp3) is 1.00. The highest BCUT2D eigenvalue weighted by Crippen LogP contribution is 2.20. The third-order valence-corrected chi connectivity index (χ3v) is 4.12. The van der Waals surface area contributed by atoms with Gasteiger partial charge < -0.3 is 15.0 Å². The van der Waals surface area contributed by atoms with Crippen LogP contribution in [0.1, 0.15) is 33.1 Å². The summed E-state index contributed by atoms with van der Waals surface area (Å²) in [6.07, 6.45) is 3.94. The van der Waals surface area contributed by atoms with E-state index in [1.54, 1.807) is 0 Å². The van der Waals surface area contributed by atoms with Crippen LogP contribution >= 0.6 is 0 Å². The Labute approximate surface area is 99.5 Å². The lowest BCUT2D eigenvalue weighted by molar-refractivity contribution is 0.146. The van der Waals surface area contributed by atoms with Crippen LogP contribution in [0.4, 0.5) is 0 Å². The summed E-state index contributed by atoms with van der Waals surface area (Å²) < 4.78 is 5.41. The van der Waals surface area contributed by atoms with Crippen molar-refractivity contribution in [2.75, 3.05) is 32.8 Å². The van der Waals surface area contributed by atoms with Crippen LogP contribution in [0.3, 0.4) is 0 Å². The zero-order valence-electron chi connectivity index (χ0n) is 10.7. The second-order valence-electron chi connectivity index (χ2n) is 5.31. The van der Waals surface area contributed by atoms with E-state index in [-0.39, 0.29) is 0 Å². The maximum absolute atomic E-state index is 5.41. The average molecular weight is 226 g/mol. The summed E-state index contributed by atoms with van der Waals surface area (Å²) in [6.45, 7) is 10.2. The van der Waals surface area contributed by atoms with Gasteiger partial charge in [0.15, 0.2) is 0 Å². The van der Waals surface area contributed by atoms with Gasteiger partial charge >= 0.3 is 0 Å². The summed E-state index contributed by atoms with van der Waals surface area (Å²) in [7, 11) is 0. The average Bonchev–Trinajstić information content (AvgIpc) is 2.82. The molecule has 0 aromatic carbocycles. The van der Waals surface area contributed by atoms with Crippen molar-refractivity contribution in [2.45, 2.75) is 45.2 Å². The number of nitrogens with zero attached hydrogens (tertiary/aromatic N) is 1. The molecule has 3 unspecified atom stereocenters. The summed E-state index contributed by atoms with van der Waals surface area (Å²) in [5.41, 5.74) is 0. The minimum Gasteiger partial charge on any atom is -0.380 e. The van der Waals surface area contributed by atoms with Gasteiger partial charge in [-0.2, -0.15) is 0 Å². The Morgan fingerprint density at radius 2 is 2.31 bits per heavy atom. The van der Waals surface area contributed by atoms with E-state index in [1.165, 1.54) is 38.9 Å². The first kappa shape index (κ1) is 12.3. The maximum Gasteiger partial charge on any atom is 0.0620 e. The summed E-state index contributed by atoms with van der Waals surface area (Å²) in [4.78, 5) is 2.58. The normalized spacial score (nSPS) is 34.1. The van der Waals surface area contributed by atoms with Crippen molar-refractivity contribution < 1.29 is 4.74 Å². The van der Waals surface area contributed by atoms with E-state index in [1.807, 2.05) is 0 Å². The number of rotatable bonds is 4. The first-order valence-corrected chi connectivity index (χ1v) is 6.85. The van der Waals surface area contributed by atoms with Crippen molar-refractivity contribution in [1.29, 1.82) is 0 Å². The molecule has 94 valence electrons. The molecular weight excluding hydrogens is 200 g/mol. The fourth-order valence-corrected chi connectivity index (χ4v) is 2.96. The van der Waals surface area contributed by atoms with E-state index in [0.29, 0.717) is 12.1 Å². The largest absolute Gasteiger partial charge is 0.380 e. The minimum absolute atomic E-state index is 0.604.